The molecule has 3 rings (SSSR count). The summed E-state index contributed by atoms with van der Waals surface area (Å²) >= 11 is 0. The minimum atomic E-state index is -0.301. The zero-order valence-electron chi connectivity index (χ0n) is 12.7. The van der Waals surface area contributed by atoms with Crippen molar-refractivity contribution in [2.75, 3.05) is 13.1 Å². The van der Waals surface area contributed by atoms with Gasteiger partial charge < -0.3 is 10.2 Å². The highest BCUT2D eigenvalue weighted by Gasteiger charge is 2.33. The minimum absolute atomic E-state index is 0. The normalized spacial score (nSPS) is 21.2. The summed E-state index contributed by atoms with van der Waals surface area (Å²) in [5.74, 6) is 0.335. The topological polar surface area (TPSA) is 55.3 Å². The molecule has 2 heterocycles. The fraction of sp³-hybridized carbons (Fsp3) is 0.533. The van der Waals surface area contributed by atoms with E-state index in [0.29, 0.717) is 23.5 Å². The van der Waals surface area contributed by atoms with Crippen LogP contribution in [-0.4, -0.2) is 29.0 Å². The van der Waals surface area contributed by atoms with Crippen molar-refractivity contribution in [3.05, 3.63) is 29.9 Å². The molecule has 0 saturated carbocycles. The van der Waals surface area contributed by atoms with E-state index in [2.05, 4.69) is 23.7 Å². The molecule has 22 heavy (non-hydrogen) atoms. The highest BCUT2D eigenvalue weighted by molar-refractivity contribution is 5.85. The number of nitrogens with two attached hydrogens (primary N) is 1. The van der Waals surface area contributed by atoms with Crippen LogP contribution in [-0.2, 0) is 6.54 Å². The van der Waals surface area contributed by atoms with Gasteiger partial charge in [-0.15, -0.1) is 24.8 Å². The second kappa shape index (κ2) is 7.13. The molecule has 1 atom stereocenters. The Hall–Kier alpha value is -0.880. The third kappa shape index (κ3) is 3.90. The molecule has 124 valence electrons. The Kier molecular flexibility index (Phi) is 6.21. The molecule has 1 aliphatic heterocycles. The van der Waals surface area contributed by atoms with Crippen molar-refractivity contribution in [3.8, 4) is 0 Å². The third-order valence-electron chi connectivity index (χ3n) is 4.14. The maximum Gasteiger partial charge on any atom is 0.209 e. The van der Waals surface area contributed by atoms with Gasteiger partial charge in [-0.1, -0.05) is 13.8 Å². The first-order valence-corrected chi connectivity index (χ1v) is 6.97. The first-order chi connectivity index (χ1) is 9.44. The smallest absolute Gasteiger partial charge is 0.209 e. The Labute approximate surface area is 142 Å². The van der Waals surface area contributed by atoms with Crippen molar-refractivity contribution >= 4 is 35.9 Å². The standard InChI is InChI=1S/C15H20FN3O.2ClH/c1-15(2)9-19(6-5-13(15)17)8-14-18-11-4-3-10(16)7-12(11)20-14;;/h3-4,7,13H,5-6,8-9,17H2,1-2H3;2*1H. The van der Waals surface area contributed by atoms with Gasteiger partial charge in [-0.25, -0.2) is 9.37 Å². The lowest BCUT2D eigenvalue weighted by molar-refractivity contribution is 0.0835. The highest BCUT2D eigenvalue weighted by atomic mass is 35.5. The van der Waals surface area contributed by atoms with Crippen LogP contribution >= 0.6 is 24.8 Å². The largest absolute Gasteiger partial charge is 0.439 e. The van der Waals surface area contributed by atoms with Crippen LogP contribution in [0, 0.1) is 11.2 Å². The average Bonchev–Trinajstić information content (AvgIpc) is 2.75. The van der Waals surface area contributed by atoms with Crippen molar-refractivity contribution in [1.29, 1.82) is 0 Å². The lowest BCUT2D eigenvalue weighted by Gasteiger charge is -2.42. The van der Waals surface area contributed by atoms with Crippen LogP contribution in [0.15, 0.2) is 22.6 Å². The molecular formula is C15H22Cl2FN3O. The molecule has 4 nitrogen and oxygen atoms in total. The number of hydrogen-bond donors (Lipinski definition) is 1. The molecule has 1 aromatic heterocycles. The number of likely N-dealkylation sites (tertiary alicyclic amines) is 1. The molecule has 2 N–H and O–H groups in total. The van der Waals surface area contributed by atoms with Gasteiger partial charge in [0.25, 0.3) is 0 Å². The predicted octanol–water partition coefficient (Wildman–Crippen LogP) is 3.37. The average molecular weight is 350 g/mol. The molecule has 0 bridgehead atoms. The zero-order valence-corrected chi connectivity index (χ0v) is 14.3. The van der Waals surface area contributed by atoms with Gasteiger partial charge in [0.05, 0.1) is 6.54 Å². The van der Waals surface area contributed by atoms with Crippen LogP contribution in [0.4, 0.5) is 4.39 Å². The van der Waals surface area contributed by atoms with E-state index in [1.807, 2.05) is 0 Å². The summed E-state index contributed by atoms with van der Waals surface area (Å²) in [6.45, 7) is 6.88. The molecule has 7 heteroatoms. The molecule has 1 unspecified atom stereocenters. The molecule has 0 aliphatic carbocycles. The Morgan fingerprint density at radius 1 is 1.41 bits per heavy atom. The molecular weight excluding hydrogens is 328 g/mol. The van der Waals surface area contributed by atoms with E-state index >= 15 is 0 Å². The molecule has 0 spiro atoms. The fourth-order valence-corrected chi connectivity index (χ4v) is 2.83. The van der Waals surface area contributed by atoms with Gasteiger partial charge in [-0.2, -0.15) is 0 Å². The summed E-state index contributed by atoms with van der Waals surface area (Å²) in [7, 11) is 0. The summed E-state index contributed by atoms with van der Waals surface area (Å²) in [5, 5.41) is 0. The quantitative estimate of drug-likeness (QED) is 0.902. The van der Waals surface area contributed by atoms with Gasteiger partial charge in [0.2, 0.25) is 5.89 Å². The molecule has 1 fully saturated rings. The summed E-state index contributed by atoms with van der Waals surface area (Å²) in [5.41, 5.74) is 7.44. The Bertz CT molecular complexity index is 632. The molecule has 2 aromatic rings. The molecule has 1 aliphatic rings. The van der Waals surface area contributed by atoms with Gasteiger partial charge in [0, 0.05) is 25.2 Å². The maximum absolute atomic E-state index is 13.1. The molecule has 1 aromatic carbocycles. The Morgan fingerprint density at radius 3 is 2.82 bits per heavy atom. The highest BCUT2D eigenvalue weighted by Crippen LogP contribution is 2.29. The van der Waals surface area contributed by atoms with Crippen molar-refractivity contribution in [1.82, 2.24) is 9.88 Å². The van der Waals surface area contributed by atoms with Gasteiger partial charge in [0.15, 0.2) is 5.58 Å². The molecule has 0 amide bonds. The minimum Gasteiger partial charge on any atom is -0.439 e. The number of rotatable bonds is 2. The van der Waals surface area contributed by atoms with Gasteiger partial charge in [-0.05, 0) is 24.0 Å². The summed E-state index contributed by atoms with van der Waals surface area (Å²) < 4.78 is 18.8. The van der Waals surface area contributed by atoms with E-state index in [9.17, 15) is 4.39 Å². The van der Waals surface area contributed by atoms with Crippen LogP contribution in [0.25, 0.3) is 11.1 Å². The first-order valence-electron chi connectivity index (χ1n) is 6.97. The number of halogens is 3. The number of piperidine rings is 1. The van der Waals surface area contributed by atoms with Crippen molar-refractivity contribution < 1.29 is 8.81 Å². The monoisotopic (exact) mass is 349 g/mol. The summed E-state index contributed by atoms with van der Waals surface area (Å²) in [6.07, 6.45) is 0.974. The number of hydrogen-bond acceptors (Lipinski definition) is 4. The van der Waals surface area contributed by atoms with Crippen LogP contribution in [0.1, 0.15) is 26.2 Å². The summed E-state index contributed by atoms with van der Waals surface area (Å²) in [4.78, 5) is 6.70. The maximum atomic E-state index is 13.1. The number of benzene rings is 1. The molecule has 0 radical (unpaired) electrons. The molecule has 1 saturated heterocycles. The van der Waals surface area contributed by atoms with Crippen LogP contribution in [0.3, 0.4) is 0 Å². The van der Waals surface area contributed by atoms with Crippen molar-refractivity contribution in [2.24, 2.45) is 11.1 Å². The van der Waals surface area contributed by atoms with Crippen LogP contribution in [0.5, 0.6) is 0 Å². The number of aromatic nitrogens is 1. The van der Waals surface area contributed by atoms with E-state index in [1.54, 1.807) is 6.07 Å². The van der Waals surface area contributed by atoms with Gasteiger partial charge in [0.1, 0.15) is 11.3 Å². The SMILES string of the molecule is CC1(C)CN(Cc2nc3ccc(F)cc3o2)CCC1N.Cl.Cl. The van der Waals surface area contributed by atoms with E-state index in [4.69, 9.17) is 10.2 Å². The second-order valence-corrected chi connectivity index (χ2v) is 6.31. The summed E-state index contributed by atoms with van der Waals surface area (Å²) in [6, 6.07) is 4.66. The van der Waals surface area contributed by atoms with E-state index < -0.39 is 0 Å². The second-order valence-electron chi connectivity index (χ2n) is 6.31. The van der Waals surface area contributed by atoms with E-state index in [-0.39, 0.29) is 42.1 Å². The van der Waals surface area contributed by atoms with E-state index in [1.165, 1.54) is 12.1 Å². The van der Waals surface area contributed by atoms with Crippen LogP contribution < -0.4 is 5.73 Å². The lowest BCUT2D eigenvalue weighted by atomic mass is 9.80. The van der Waals surface area contributed by atoms with E-state index in [0.717, 1.165) is 19.5 Å². The van der Waals surface area contributed by atoms with Crippen LogP contribution in [0.2, 0.25) is 0 Å². The Balaban J connectivity index is 0.00000121. The number of nitrogens with zero attached hydrogens (tertiary/aromatic N) is 2. The zero-order chi connectivity index (χ0) is 14.3. The lowest BCUT2D eigenvalue weighted by Crippen LogP contribution is -2.52. The fourth-order valence-electron chi connectivity index (χ4n) is 2.83. The first kappa shape index (κ1) is 19.2. The van der Waals surface area contributed by atoms with Crippen molar-refractivity contribution in [3.63, 3.8) is 0 Å². The predicted molar refractivity (Wildman–Crippen MR) is 90.1 cm³/mol. The Morgan fingerprint density at radius 2 is 2.14 bits per heavy atom. The van der Waals surface area contributed by atoms with Gasteiger partial charge in [-0.3, -0.25) is 4.90 Å². The third-order valence-corrected chi connectivity index (χ3v) is 4.14. The number of oxazole rings is 1. The number of fused-ring (bicyclic) bond motifs is 1. The van der Waals surface area contributed by atoms with Gasteiger partial charge >= 0.3 is 0 Å². The van der Waals surface area contributed by atoms with Crippen molar-refractivity contribution in [2.45, 2.75) is 32.9 Å².